The van der Waals surface area contributed by atoms with Gasteiger partial charge in [-0.05, 0) is 148 Å². The molecule has 0 unspecified atom stereocenters. The highest BCUT2D eigenvalue weighted by Crippen LogP contribution is 2.84. The molecule has 1 spiro atoms. The molecule has 4 aliphatic carbocycles. The summed E-state index contributed by atoms with van der Waals surface area (Å²) in [7, 11) is 0. The number of rotatable bonds is 7. The lowest BCUT2D eigenvalue weighted by atomic mass is 9.38. The second-order valence-corrected chi connectivity index (χ2v) is 18.0. The average Bonchev–Trinajstić information content (AvgIpc) is 3.90. The monoisotopic (exact) mass is 744 g/mol. The smallest absolute Gasteiger partial charge is 0.0541 e. The van der Waals surface area contributed by atoms with E-state index in [1.807, 2.05) is 0 Å². The minimum atomic E-state index is 0.414. The zero-order chi connectivity index (χ0) is 38.0. The molecule has 4 aliphatic rings. The van der Waals surface area contributed by atoms with Crippen LogP contribution in [0.3, 0.4) is 0 Å². The Kier molecular flexibility index (Phi) is 6.80. The van der Waals surface area contributed by atoms with Gasteiger partial charge in [0.2, 0.25) is 0 Å². The van der Waals surface area contributed by atoms with E-state index in [2.05, 4.69) is 198 Å². The number of hydrogen-bond acceptors (Lipinski definition) is 1. The first-order chi connectivity index (χ1) is 28.6. The molecule has 13 rings (SSSR count). The minimum Gasteiger partial charge on any atom is -0.310 e. The summed E-state index contributed by atoms with van der Waals surface area (Å²) < 4.78 is 2.42. The van der Waals surface area contributed by atoms with Gasteiger partial charge in [-0.2, -0.15) is 0 Å². The molecule has 4 fully saturated rings. The third-order valence-corrected chi connectivity index (χ3v) is 15.4. The third kappa shape index (κ3) is 4.55. The van der Waals surface area contributed by atoms with Crippen LogP contribution in [0, 0.1) is 23.2 Å². The Hall–Kier alpha value is -6.38. The molecule has 58 heavy (non-hydrogen) atoms. The standard InChI is InChI=1S/C56H44N2/c1-2-10-41-31-48(28-23-37(41)9-1)57(47-29-24-42(25-30-47)55-34-44-32-43-33-45(35-55)56(43,44)36-55)46-26-21-39(22-27-46)38-17-19-40(20-18-38)49-11-3-6-14-52(49)58-53-15-7-4-12-50(53)51-13-5-8-16-54(51)58/h1-31,43-45H,32-36H2/t43?,44-,45-,55?,56?/m0/s1. The number of fused-ring (bicyclic) bond motifs is 5. The van der Waals surface area contributed by atoms with E-state index in [0.717, 1.165) is 23.2 Å². The van der Waals surface area contributed by atoms with Gasteiger partial charge in [0.1, 0.15) is 0 Å². The van der Waals surface area contributed by atoms with Crippen LogP contribution in [0.1, 0.15) is 37.7 Å². The lowest BCUT2D eigenvalue weighted by molar-refractivity contribution is -0.175. The molecular formula is C56H44N2. The van der Waals surface area contributed by atoms with Crippen molar-refractivity contribution in [3.05, 3.63) is 194 Å². The van der Waals surface area contributed by atoms with Crippen molar-refractivity contribution >= 4 is 49.6 Å². The van der Waals surface area contributed by atoms with Crippen LogP contribution in [-0.4, -0.2) is 4.57 Å². The highest BCUT2D eigenvalue weighted by atomic mass is 15.1. The van der Waals surface area contributed by atoms with Crippen LogP contribution in [0.2, 0.25) is 0 Å². The number of nitrogens with zero attached hydrogens (tertiary/aromatic N) is 2. The molecule has 2 atom stereocenters. The number of aromatic nitrogens is 1. The predicted octanol–water partition coefficient (Wildman–Crippen LogP) is 14.8. The van der Waals surface area contributed by atoms with Gasteiger partial charge < -0.3 is 9.47 Å². The van der Waals surface area contributed by atoms with Gasteiger partial charge in [-0.3, -0.25) is 0 Å². The summed E-state index contributed by atoms with van der Waals surface area (Å²) in [5, 5.41) is 5.08. The highest BCUT2D eigenvalue weighted by molar-refractivity contribution is 6.09. The number of para-hydroxylation sites is 3. The van der Waals surface area contributed by atoms with Gasteiger partial charge in [0.25, 0.3) is 0 Å². The molecule has 1 aromatic heterocycles. The van der Waals surface area contributed by atoms with Gasteiger partial charge in [0.15, 0.2) is 0 Å². The zero-order valence-corrected chi connectivity index (χ0v) is 32.6. The van der Waals surface area contributed by atoms with Gasteiger partial charge in [-0.15, -0.1) is 0 Å². The third-order valence-electron chi connectivity index (χ3n) is 15.4. The molecule has 2 bridgehead atoms. The van der Waals surface area contributed by atoms with Crippen molar-refractivity contribution in [3.63, 3.8) is 0 Å². The van der Waals surface area contributed by atoms with Crippen LogP contribution in [0.5, 0.6) is 0 Å². The predicted molar refractivity (Wildman–Crippen MR) is 242 cm³/mol. The maximum atomic E-state index is 2.49. The fraction of sp³-hybridized carbons (Fsp3) is 0.179. The van der Waals surface area contributed by atoms with Crippen molar-refractivity contribution < 1.29 is 0 Å². The Morgan fingerprint density at radius 3 is 1.64 bits per heavy atom. The van der Waals surface area contributed by atoms with Crippen LogP contribution >= 0.6 is 0 Å². The molecule has 0 radical (unpaired) electrons. The number of hydrogen-bond donors (Lipinski definition) is 0. The molecule has 0 N–H and O–H groups in total. The van der Waals surface area contributed by atoms with E-state index in [4.69, 9.17) is 0 Å². The van der Waals surface area contributed by atoms with E-state index in [-0.39, 0.29) is 0 Å². The lowest BCUT2D eigenvalue weighted by Gasteiger charge is -2.66. The zero-order valence-electron chi connectivity index (χ0n) is 32.6. The second-order valence-electron chi connectivity index (χ2n) is 18.0. The fourth-order valence-electron chi connectivity index (χ4n) is 12.9. The molecule has 1 heterocycles. The molecule has 0 amide bonds. The Bertz CT molecular complexity index is 2990. The van der Waals surface area contributed by atoms with E-state index in [1.165, 1.54) is 110 Å². The fourth-order valence-corrected chi connectivity index (χ4v) is 12.9. The molecular weight excluding hydrogens is 701 g/mol. The summed E-state index contributed by atoms with van der Waals surface area (Å²) in [6, 6.07) is 69.9. The second kappa shape index (κ2) is 12.1. The Labute approximate surface area is 340 Å². The Balaban J connectivity index is 0.836. The summed E-state index contributed by atoms with van der Waals surface area (Å²) in [6.07, 6.45) is 7.30. The van der Waals surface area contributed by atoms with Gasteiger partial charge >= 0.3 is 0 Å². The van der Waals surface area contributed by atoms with Crippen molar-refractivity contribution in [2.75, 3.05) is 4.90 Å². The topological polar surface area (TPSA) is 8.17 Å². The Morgan fingerprint density at radius 2 is 0.983 bits per heavy atom. The molecule has 8 aromatic carbocycles. The summed E-state index contributed by atoms with van der Waals surface area (Å²) in [5.41, 5.74) is 14.8. The summed E-state index contributed by atoms with van der Waals surface area (Å²) in [5.74, 6) is 3.04. The van der Waals surface area contributed by atoms with E-state index >= 15 is 0 Å². The summed E-state index contributed by atoms with van der Waals surface area (Å²) in [6.45, 7) is 0. The van der Waals surface area contributed by atoms with Crippen LogP contribution in [0.15, 0.2) is 188 Å². The normalized spacial score (nSPS) is 23.8. The first kappa shape index (κ1) is 32.7. The molecule has 2 heteroatoms. The molecule has 2 nitrogen and oxygen atoms in total. The van der Waals surface area contributed by atoms with Crippen molar-refractivity contribution in [1.82, 2.24) is 4.57 Å². The quantitative estimate of drug-likeness (QED) is 0.158. The first-order valence-electron chi connectivity index (χ1n) is 21.3. The van der Waals surface area contributed by atoms with Crippen molar-refractivity contribution in [3.8, 4) is 27.9 Å². The largest absolute Gasteiger partial charge is 0.310 e. The van der Waals surface area contributed by atoms with Crippen molar-refractivity contribution in [2.45, 2.75) is 37.5 Å². The van der Waals surface area contributed by atoms with Crippen LogP contribution < -0.4 is 4.90 Å². The van der Waals surface area contributed by atoms with Crippen molar-refractivity contribution in [2.24, 2.45) is 23.2 Å². The molecule has 278 valence electrons. The summed E-state index contributed by atoms with van der Waals surface area (Å²) >= 11 is 0. The van der Waals surface area contributed by atoms with Crippen molar-refractivity contribution in [1.29, 1.82) is 0 Å². The molecule has 0 saturated heterocycles. The van der Waals surface area contributed by atoms with E-state index < -0.39 is 0 Å². The lowest BCUT2D eigenvalue weighted by Crippen LogP contribution is -2.59. The SMILES string of the molecule is c1ccc(-n2c3ccccc3c3ccccc32)c(-c2ccc(-c3ccc(N(c4ccc(C56C[C@@H]7CC8C[C@@H](C5)C87C6)cc4)c4ccc5ccccc5c4)cc3)cc2)c1. The van der Waals surface area contributed by atoms with Gasteiger partial charge in [0, 0.05) is 33.4 Å². The van der Waals surface area contributed by atoms with Gasteiger partial charge in [-0.1, -0.05) is 133 Å². The first-order valence-corrected chi connectivity index (χ1v) is 21.3. The minimum absolute atomic E-state index is 0.414. The average molecular weight is 745 g/mol. The molecule has 0 aliphatic heterocycles. The molecule has 4 saturated carbocycles. The van der Waals surface area contributed by atoms with Crippen LogP contribution in [-0.2, 0) is 5.41 Å². The number of benzene rings is 8. The van der Waals surface area contributed by atoms with Crippen LogP contribution in [0.25, 0.3) is 60.5 Å². The van der Waals surface area contributed by atoms with E-state index in [9.17, 15) is 0 Å². The van der Waals surface area contributed by atoms with Gasteiger partial charge in [-0.25, -0.2) is 0 Å². The summed E-state index contributed by atoms with van der Waals surface area (Å²) in [4.78, 5) is 2.44. The van der Waals surface area contributed by atoms with Gasteiger partial charge in [0.05, 0.1) is 16.7 Å². The van der Waals surface area contributed by atoms with Crippen LogP contribution in [0.4, 0.5) is 17.1 Å². The maximum absolute atomic E-state index is 2.49. The Morgan fingerprint density at radius 1 is 0.448 bits per heavy atom. The van der Waals surface area contributed by atoms with E-state index in [0.29, 0.717) is 5.41 Å². The number of anilines is 3. The molecule has 9 aromatic rings. The maximum Gasteiger partial charge on any atom is 0.0541 e. The highest BCUT2D eigenvalue weighted by Gasteiger charge is 2.77. The van der Waals surface area contributed by atoms with E-state index in [1.54, 1.807) is 5.56 Å².